The molecular formula is C32H48BrN3O8. The van der Waals surface area contributed by atoms with E-state index in [-0.39, 0.29) is 12.8 Å². The fraction of sp³-hybridized carbons (Fsp3) is 0.656. The Morgan fingerprint density at radius 3 is 1.61 bits per heavy atom. The summed E-state index contributed by atoms with van der Waals surface area (Å²) >= 11 is 3.48. The number of carbonyl (C=O) groups is 4. The van der Waals surface area contributed by atoms with Crippen molar-refractivity contribution < 1.29 is 38.1 Å². The second-order valence-corrected chi connectivity index (χ2v) is 15.0. The van der Waals surface area contributed by atoms with Gasteiger partial charge in [-0.1, -0.05) is 11.8 Å². The van der Waals surface area contributed by atoms with Crippen LogP contribution in [0.15, 0.2) is 16.9 Å². The number of amides is 2. The van der Waals surface area contributed by atoms with E-state index in [2.05, 4.69) is 43.4 Å². The molecule has 0 aliphatic heterocycles. The number of carbonyl (C=O) groups excluding carboxylic acids is 4. The van der Waals surface area contributed by atoms with Crippen LogP contribution in [-0.2, 0) is 35.0 Å². The highest BCUT2D eigenvalue weighted by Crippen LogP contribution is 2.21. The molecule has 0 unspecified atom stereocenters. The highest BCUT2D eigenvalue weighted by atomic mass is 79.9. The molecule has 0 radical (unpaired) electrons. The molecule has 2 N–H and O–H groups in total. The Morgan fingerprint density at radius 2 is 1.16 bits per heavy atom. The van der Waals surface area contributed by atoms with E-state index in [0.29, 0.717) is 22.0 Å². The minimum Gasteiger partial charge on any atom is -0.458 e. The Kier molecular flexibility index (Phi) is 13.7. The lowest BCUT2D eigenvalue weighted by atomic mass is 10.0. The quantitative estimate of drug-likeness (QED) is 0.192. The van der Waals surface area contributed by atoms with Gasteiger partial charge in [0, 0.05) is 24.4 Å². The lowest BCUT2D eigenvalue weighted by Gasteiger charge is -2.26. The molecule has 0 saturated carbocycles. The number of pyridine rings is 1. The third kappa shape index (κ3) is 16.5. The van der Waals surface area contributed by atoms with Gasteiger partial charge in [-0.15, -0.1) is 0 Å². The van der Waals surface area contributed by atoms with Crippen LogP contribution in [0.1, 0.15) is 107 Å². The standard InChI is InChI=1S/C32H48BrN3O8/c1-29(2,3)41-25(37)23(35-27(39)43-31(7,8)9)15-13-14-21-20(18-34-19-22(21)33)16-17-24(26(38)42-30(4,5)6)36-28(40)44-32(10,11)12/h18-19,23-24H,15-17H2,1-12H3,(H,35,39)(H,36,40)/t23-,24-/m0/s1. The van der Waals surface area contributed by atoms with Crippen molar-refractivity contribution in [1.82, 2.24) is 15.6 Å². The summed E-state index contributed by atoms with van der Waals surface area (Å²) in [6, 6.07) is -2.09. The number of aryl methyl sites for hydroxylation is 1. The summed E-state index contributed by atoms with van der Waals surface area (Å²) in [6.45, 7) is 20.7. The molecule has 0 aliphatic carbocycles. The van der Waals surface area contributed by atoms with Gasteiger partial charge in [0.15, 0.2) is 0 Å². The number of esters is 2. The Bertz CT molecular complexity index is 1240. The number of alkyl carbamates (subject to hydrolysis) is 2. The fourth-order valence-corrected chi connectivity index (χ4v) is 3.91. The maximum absolute atomic E-state index is 13.0. The number of ether oxygens (including phenoxy) is 4. The average Bonchev–Trinajstić information content (AvgIpc) is 2.77. The van der Waals surface area contributed by atoms with Gasteiger partial charge < -0.3 is 29.6 Å². The SMILES string of the molecule is CC(C)(C)OC(=O)N[C@@H](CC#Cc1c(Br)cncc1CC[C@H](NC(=O)OC(C)(C)C)C(=O)OC(C)(C)C)C(=O)OC(C)(C)C. The minimum absolute atomic E-state index is 0.0664. The summed E-state index contributed by atoms with van der Waals surface area (Å²) in [6.07, 6.45) is 2.06. The number of aromatic nitrogens is 1. The molecule has 1 rings (SSSR count). The monoisotopic (exact) mass is 681 g/mol. The van der Waals surface area contributed by atoms with Crippen molar-refractivity contribution in [2.75, 3.05) is 0 Å². The van der Waals surface area contributed by atoms with Gasteiger partial charge in [-0.3, -0.25) is 4.98 Å². The first-order chi connectivity index (χ1) is 19.8. The molecule has 1 heterocycles. The zero-order chi connectivity index (χ0) is 34.1. The third-order valence-corrected chi connectivity index (χ3v) is 5.57. The summed E-state index contributed by atoms with van der Waals surface area (Å²) < 4.78 is 22.3. The molecule has 246 valence electrons. The van der Waals surface area contributed by atoms with Gasteiger partial charge in [-0.2, -0.15) is 0 Å². The van der Waals surface area contributed by atoms with E-state index in [1.807, 2.05) is 0 Å². The fourth-order valence-electron chi connectivity index (χ4n) is 3.43. The van der Waals surface area contributed by atoms with Gasteiger partial charge in [-0.05, 0) is 117 Å². The van der Waals surface area contributed by atoms with E-state index in [4.69, 9.17) is 18.9 Å². The Balaban J connectivity index is 3.25. The molecule has 0 aliphatic rings. The van der Waals surface area contributed by atoms with Crippen LogP contribution in [-0.4, -0.2) is 63.6 Å². The van der Waals surface area contributed by atoms with E-state index in [1.165, 1.54) is 0 Å². The van der Waals surface area contributed by atoms with Crippen LogP contribution in [0.3, 0.4) is 0 Å². The zero-order valence-electron chi connectivity index (χ0n) is 28.0. The van der Waals surface area contributed by atoms with Gasteiger partial charge in [0.05, 0.1) is 4.47 Å². The van der Waals surface area contributed by atoms with Crippen LogP contribution in [0, 0.1) is 11.8 Å². The van der Waals surface area contributed by atoms with Gasteiger partial charge in [0.2, 0.25) is 0 Å². The number of halogens is 1. The van der Waals surface area contributed by atoms with E-state index >= 15 is 0 Å². The maximum atomic E-state index is 13.0. The zero-order valence-corrected chi connectivity index (χ0v) is 29.6. The van der Waals surface area contributed by atoms with Crippen LogP contribution >= 0.6 is 15.9 Å². The summed E-state index contributed by atoms with van der Waals surface area (Å²) in [5, 5.41) is 5.17. The predicted octanol–water partition coefficient (Wildman–Crippen LogP) is 5.99. The van der Waals surface area contributed by atoms with E-state index < -0.39 is 58.6 Å². The van der Waals surface area contributed by atoms with Crippen LogP contribution in [0.4, 0.5) is 9.59 Å². The van der Waals surface area contributed by atoms with Crippen molar-refractivity contribution in [1.29, 1.82) is 0 Å². The molecule has 11 nitrogen and oxygen atoms in total. The maximum Gasteiger partial charge on any atom is 0.408 e. The summed E-state index contributed by atoms with van der Waals surface area (Å²) in [5.41, 5.74) is -1.81. The minimum atomic E-state index is -1.09. The lowest BCUT2D eigenvalue weighted by molar-refractivity contribution is -0.158. The first kappa shape index (κ1) is 38.7. The Hall–Kier alpha value is -3.33. The van der Waals surface area contributed by atoms with Crippen LogP contribution in [0.2, 0.25) is 0 Å². The van der Waals surface area contributed by atoms with Crippen LogP contribution in [0.25, 0.3) is 0 Å². The molecule has 1 aromatic heterocycles. The number of hydrogen-bond acceptors (Lipinski definition) is 9. The van der Waals surface area contributed by atoms with Gasteiger partial charge in [0.1, 0.15) is 34.5 Å². The second kappa shape index (κ2) is 15.6. The van der Waals surface area contributed by atoms with Gasteiger partial charge in [-0.25, -0.2) is 19.2 Å². The van der Waals surface area contributed by atoms with Crippen molar-refractivity contribution >= 4 is 40.1 Å². The third-order valence-electron chi connectivity index (χ3n) is 4.96. The van der Waals surface area contributed by atoms with Crippen molar-refractivity contribution in [3.05, 3.63) is 28.0 Å². The molecule has 0 bridgehead atoms. The van der Waals surface area contributed by atoms with E-state index in [9.17, 15) is 19.2 Å². The molecule has 44 heavy (non-hydrogen) atoms. The van der Waals surface area contributed by atoms with E-state index in [1.54, 1.807) is 95.5 Å². The average molecular weight is 683 g/mol. The summed E-state index contributed by atoms with van der Waals surface area (Å²) in [5.74, 6) is 4.75. The largest absolute Gasteiger partial charge is 0.458 e. The molecule has 0 fully saturated rings. The topological polar surface area (TPSA) is 142 Å². The Labute approximate surface area is 270 Å². The smallest absolute Gasteiger partial charge is 0.408 e. The summed E-state index contributed by atoms with van der Waals surface area (Å²) in [7, 11) is 0. The number of nitrogens with zero attached hydrogens (tertiary/aromatic N) is 1. The van der Waals surface area contributed by atoms with Crippen molar-refractivity contribution in [3.63, 3.8) is 0 Å². The van der Waals surface area contributed by atoms with E-state index in [0.717, 1.165) is 0 Å². The first-order valence-corrected chi connectivity index (χ1v) is 15.2. The lowest BCUT2D eigenvalue weighted by Crippen LogP contribution is -2.46. The highest BCUT2D eigenvalue weighted by Gasteiger charge is 2.30. The molecule has 1 aromatic rings. The van der Waals surface area contributed by atoms with Gasteiger partial charge in [0.25, 0.3) is 0 Å². The molecule has 2 atom stereocenters. The molecule has 0 saturated heterocycles. The van der Waals surface area contributed by atoms with Crippen LogP contribution < -0.4 is 10.6 Å². The molecule has 12 heteroatoms. The first-order valence-electron chi connectivity index (χ1n) is 14.4. The van der Waals surface area contributed by atoms with Gasteiger partial charge >= 0.3 is 24.1 Å². The Morgan fingerprint density at radius 1 is 0.727 bits per heavy atom. The van der Waals surface area contributed by atoms with Crippen molar-refractivity contribution in [3.8, 4) is 11.8 Å². The molecule has 0 aromatic carbocycles. The highest BCUT2D eigenvalue weighted by molar-refractivity contribution is 9.10. The summed E-state index contributed by atoms with van der Waals surface area (Å²) in [4.78, 5) is 55.1. The second-order valence-electron chi connectivity index (χ2n) is 14.2. The number of rotatable bonds is 8. The van der Waals surface area contributed by atoms with Crippen molar-refractivity contribution in [2.45, 2.75) is 137 Å². The normalized spacial score (nSPS) is 13.4. The van der Waals surface area contributed by atoms with Crippen molar-refractivity contribution in [2.24, 2.45) is 0 Å². The molecule has 0 spiro atoms. The van der Waals surface area contributed by atoms with Crippen LogP contribution in [0.5, 0.6) is 0 Å². The molecular weight excluding hydrogens is 634 g/mol. The predicted molar refractivity (Wildman–Crippen MR) is 170 cm³/mol. The molecule has 2 amide bonds. The number of hydrogen-bond donors (Lipinski definition) is 2. The number of nitrogens with one attached hydrogen (secondary N) is 2.